The Morgan fingerprint density at radius 3 is 2.50 bits per heavy atom. The quantitative estimate of drug-likeness (QED) is 0.767. The fourth-order valence-corrected chi connectivity index (χ4v) is 2.84. The van der Waals surface area contributed by atoms with Crippen LogP contribution in [-0.4, -0.2) is 15.1 Å². The van der Waals surface area contributed by atoms with Gasteiger partial charge in [0.05, 0.1) is 0 Å². The second-order valence-corrected chi connectivity index (χ2v) is 5.39. The molecular formula is C15H19BrN2. The van der Waals surface area contributed by atoms with E-state index in [1.54, 1.807) is 0 Å². The molecule has 2 rings (SSSR count). The maximum absolute atomic E-state index is 4.21. The zero-order chi connectivity index (χ0) is 13.0. The van der Waals surface area contributed by atoms with Gasteiger partial charge in [0.2, 0.25) is 0 Å². The molecule has 0 aliphatic carbocycles. The summed E-state index contributed by atoms with van der Waals surface area (Å²) in [4.78, 5) is 0. The standard InChI is InChI=1S/C15H19BrN2/c1-12-3-5-13(6-4-12)14(11-16)7-8-15-9-10-17-18(15)2/h3-6,9-10,14H,7-8,11H2,1-2H3. The fourth-order valence-electron chi connectivity index (χ4n) is 2.14. The van der Waals surface area contributed by atoms with Crippen LogP contribution in [0.25, 0.3) is 0 Å². The van der Waals surface area contributed by atoms with Crippen LogP contribution in [0.15, 0.2) is 36.5 Å². The summed E-state index contributed by atoms with van der Waals surface area (Å²) in [5.74, 6) is 0.570. The van der Waals surface area contributed by atoms with Gasteiger partial charge in [0.15, 0.2) is 0 Å². The van der Waals surface area contributed by atoms with Gasteiger partial charge < -0.3 is 0 Å². The predicted octanol–water partition coefficient (Wildman–Crippen LogP) is 3.84. The highest BCUT2D eigenvalue weighted by Gasteiger charge is 2.11. The van der Waals surface area contributed by atoms with E-state index >= 15 is 0 Å². The van der Waals surface area contributed by atoms with E-state index in [0.29, 0.717) is 5.92 Å². The lowest BCUT2D eigenvalue weighted by Gasteiger charge is -2.14. The first-order chi connectivity index (χ1) is 8.70. The van der Waals surface area contributed by atoms with E-state index in [1.165, 1.54) is 16.8 Å². The minimum absolute atomic E-state index is 0.570. The molecule has 1 heterocycles. The number of alkyl halides is 1. The van der Waals surface area contributed by atoms with Crippen molar-refractivity contribution in [2.45, 2.75) is 25.7 Å². The summed E-state index contributed by atoms with van der Waals surface area (Å²) in [6.45, 7) is 2.13. The smallest absolute Gasteiger partial charge is 0.0492 e. The van der Waals surface area contributed by atoms with E-state index in [1.807, 2.05) is 17.9 Å². The van der Waals surface area contributed by atoms with E-state index in [-0.39, 0.29) is 0 Å². The molecule has 2 aromatic rings. The molecule has 1 aromatic heterocycles. The average Bonchev–Trinajstić information content (AvgIpc) is 2.78. The third kappa shape index (κ3) is 3.22. The number of rotatable bonds is 5. The maximum Gasteiger partial charge on any atom is 0.0492 e. The van der Waals surface area contributed by atoms with Gasteiger partial charge in [-0.2, -0.15) is 5.10 Å². The number of aromatic nitrogens is 2. The van der Waals surface area contributed by atoms with Crippen LogP contribution in [0, 0.1) is 6.92 Å². The Balaban J connectivity index is 2.01. The third-order valence-corrected chi connectivity index (χ3v) is 4.19. The largest absolute Gasteiger partial charge is 0.273 e. The van der Waals surface area contributed by atoms with Gasteiger partial charge in [0, 0.05) is 24.3 Å². The van der Waals surface area contributed by atoms with Crippen molar-refractivity contribution in [3.8, 4) is 0 Å². The molecule has 0 aliphatic rings. The second-order valence-electron chi connectivity index (χ2n) is 4.75. The van der Waals surface area contributed by atoms with Gasteiger partial charge in [-0.15, -0.1) is 0 Å². The topological polar surface area (TPSA) is 17.8 Å². The monoisotopic (exact) mass is 306 g/mol. The Morgan fingerprint density at radius 2 is 1.94 bits per heavy atom. The lowest BCUT2D eigenvalue weighted by Crippen LogP contribution is -2.05. The van der Waals surface area contributed by atoms with Crippen molar-refractivity contribution in [2.24, 2.45) is 7.05 Å². The first-order valence-corrected chi connectivity index (χ1v) is 7.42. The molecule has 0 amide bonds. The summed E-state index contributed by atoms with van der Waals surface area (Å²) in [5.41, 5.74) is 4.03. The van der Waals surface area contributed by atoms with Crippen LogP contribution in [0.1, 0.15) is 29.2 Å². The van der Waals surface area contributed by atoms with Crippen LogP contribution >= 0.6 is 15.9 Å². The van der Waals surface area contributed by atoms with Gasteiger partial charge in [-0.3, -0.25) is 4.68 Å². The van der Waals surface area contributed by atoms with Crippen molar-refractivity contribution >= 4 is 15.9 Å². The van der Waals surface area contributed by atoms with Crippen molar-refractivity contribution in [1.82, 2.24) is 9.78 Å². The zero-order valence-electron chi connectivity index (χ0n) is 10.9. The fraction of sp³-hybridized carbons (Fsp3) is 0.400. The molecule has 0 radical (unpaired) electrons. The van der Waals surface area contributed by atoms with Crippen LogP contribution < -0.4 is 0 Å². The van der Waals surface area contributed by atoms with Crippen LogP contribution in [-0.2, 0) is 13.5 Å². The summed E-state index contributed by atoms with van der Waals surface area (Å²) < 4.78 is 1.96. The van der Waals surface area contributed by atoms with Crippen LogP contribution in [0.4, 0.5) is 0 Å². The molecule has 0 spiro atoms. The Kier molecular flexibility index (Phi) is 4.59. The van der Waals surface area contributed by atoms with Gasteiger partial charge >= 0.3 is 0 Å². The summed E-state index contributed by atoms with van der Waals surface area (Å²) >= 11 is 3.63. The van der Waals surface area contributed by atoms with Gasteiger partial charge in [-0.05, 0) is 37.3 Å². The van der Waals surface area contributed by atoms with E-state index in [9.17, 15) is 0 Å². The summed E-state index contributed by atoms with van der Waals surface area (Å²) in [6, 6.07) is 11.0. The Morgan fingerprint density at radius 1 is 1.22 bits per heavy atom. The molecule has 0 saturated carbocycles. The number of aryl methyl sites for hydroxylation is 3. The molecule has 0 N–H and O–H groups in total. The first kappa shape index (κ1) is 13.3. The first-order valence-electron chi connectivity index (χ1n) is 6.30. The number of nitrogens with zero attached hydrogens (tertiary/aromatic N) is 2. The highest BCUT2D eigenvalue weighted by molar-refractivity contribution is 9.09. The van der Waals surface area contributed by atoms with Gasteiger partial charge in [-0.1, -0.05) is 45.8 Å². The van der Waals surface area contributed by atoms with Crippen LogP contribution in [0.3, 0.4) is 0 Å². The van der Waals surface area contributed by atoms with E-state index in [4.69, 9.17) is 0 Å². The lowest BCUT2D eigenvalue weighted by atomic mass is 9.95. The average molecular weight is 307 g/mol. The SMILES string of the molecule is Cc1ccc(C(CBr)CCc2ccnn2C)cc1. The Bertz CT molecular complexity index is 487. The minimum Gasteiger partial charge on any atom is -0.273 e. The second kappa shape index (κ2) is 6.19. The predicted molar refractivity (Wildman–Crippen MR) is 79.2 cm³/mol. The van der Waals surface area contributed by atoms with Crippen molar-refractivity contribution in [3.05, 3.63) is 53.3 Å². The number of hydrogen-bond acceptors (Lipinski definition) is 1. The summed E-state index contributed by atoms with van der Waals surface area (Å²) in [6.07, 6.45) is 4.08. The summed E-state index contributed by atoms with van der Waals surface area (Å²) in [5, 5.41) is 5.22. The summed E-state index contributed by atoms with van der Waals surface area (Å²) in [7, 11) is 2.00. The zero-order valence-corrected chi connectivity index (χ0v) is 12.5. The molecule has 0 saturated heterocycles. The molecule has 1 atom stereocenters. The van der Waals surface area contributed by atoms with Crippen LogP contribution in [0.5, 0.6) is 0 Å². The van der Waals surface area contributed by atoms with Gasteiger partial charge in [0.1, 0.15) is 0 Å². The van der Waals surface area contributed by atoms with Crippen molar-refractivity contribution in [1.29, 1.82) is 0 Å². The molecular weight excluding hydrogens is 288 g/mol. The molecule has 0 bridgehead atoms. The Labute approximate surface area is 117 Å². The van der Waals surface area contributed by atoms with E-state index in [2.05, 4.69) is 58.3 Å². The molecule has 1 unspecified atom stereocenters. The maximum atomic E-state index is 4.21. The van der Waals surface area contributed by atoms with E-state index in [0.717, 1.165) is 18.2 Å². The number of hydrogen-bond donors (Lipinski definition) is 0. The number of halogens is 1. The molecule has 3 heteroatoms. The number of benzene rings is 1. The Hall–Kier alpha value is -1.09. The molecule has 2 nitrogen and oxygen atoms in total. The molecule has 96 valence electrons. The van der Waals surface area contributed by atoms with Gasteiger partial charge in [-0.25, -0.2) is 0 Å². The molecule has 18 heavy (non-hydrogen) atoms. The van der Waals surface area contributed by atoms with Gasteiger partial charge in [0.25, 0.3) is 0 Å². The highest BCUT2D eigenvalue weighted by Crippen LogP contribution is 2.24. The van der Waals surface area contributed by atoms with Crippen LogP contribution in [0.2, 0.25) is 0 Å². The third-order valence-electron chi connectivity index (χ3n) is 3.41. The normalized spacial score (nSPS) is 12.6. The van der Waals surface area contributed by atoms with Crippen molar-refractivity contribution in [3.63, 3.8) is 0 Å². The van der Waals surface area contributed by atoms with Crippen molar-refractivity contribution in [2.75, 3.05) is 5.33 Å². The van der Waals surface area contributed by atoms with Crippen molar-refractivity contribution < 1.29 is 0 Å². The molecule has 0 fully saturated rings. The molecule has 0 aliphatic heterocycles. The highest BCUT2D eigenvalue weighted by atomic mass is 79.9. The molecule has 1 aromatic carbocycles. The lowest BCUT2D eigenvalue weighted by molar-refractivity contribution is 0.637. The van der Waals surface area contributed by atoms with E-state index < -0.39 is 0 Å². The minimum atomic E-state index is 0.570.